The Morgan fingerprint density at radius 2 is 2.00 bits per heavy atom. The van der Waals surface area contributed by atoms with Gasteiger partial charge in [-0.3, -0.25) is 4.98 Å². The van der Waals surface area contributed by atoms with Gasteiger partial charge in [-0.15, -0.1) is 0 Å². The molecule has 0 spiro atoms. The first kappa shape index (κ1) is 11.8. The highest BCUT2D eigenvalue weighted by Gasteiger charge is 2.33. The fourth-order valence-electron chi connectivity index (χ4n) is 1.07. The van der Waals surface area contributed by atoms with Gasteiger partial charge in [0.25, 0.3) is 0 Å². The number of ether oxygens (including phenoxy) is 2. The van der Waals surface area contributed by atoms with E-state index in [0.717, 1.165) is 12.3 Å². The molecule has 1 aromatic rings. The van der Waals surface area contributed by atoms with E-state index in [1.165, 1.54) is 14.2 Å². The summed E-state index contributed by atoms with van der Waals surface area (Å²) in [7, 11) is 2.74. The number of methoxy groups -OCH3 is 2. The van der Waals surface area contributed by atoms with E-state index in [4.69, 9.17) is 9.47 Å². The number of nitrogens with zero attached hydrogens (tertiary/aromatic N) is 1. The zero-order valence-electron chi connectivity index (χ0n) is 8.26. The van der Waals surface area contributed by atoms with Crippen LogP contribution in [0.2, 0.25) is 0 Å². The normalized spacial score (nSPS) is 11.5. The van der Waals surface area contributed by atoms with Gasteiger partial charge in [-0.2, -0.15) is 13.2 Å². The lowest BCUT2D eigenvalue weighted by Crippen LogP contribution is -2.09. The van der Waals surface area contributed by atoms with Crippen molar-refractivity contribution in [3.8, 4) is 5.75 Å². The van der Waals surface area contributed by atoms with Crippen molar-refractivity contribution in [2.75, 3.05) is 14.2 Å². The molecule has 1 heterocycles. The quantitative estimate of drug-likeness (QED) is 0.784. The maximum atomic E-state index is 12.3. The van der Waals surface area contributed by atoms with Crippen molar-refractivity contribution in [2.24, 2.45) is 0 Å². The maximum absolute atomic E-state index is 12.3. The molecule has 0 fully saturated rings. The van der Waals surface area contributed by atoms with Crippen LogP contribution in [-0.4, -0.2) is 19.2 Å². The third-order valence-electron chi connectivity index (χ3n) is 1.75. The molecule has 0 aliphatic rings. The standard InChI is InChI=1S/C9H10F3NO2/c1-14-5-6-4-13-8(9(10,11)12)3-7(6)15-2/h3-4H,5H2,1-2H3. The summed E-state index contributed by atoms with van der Waals surface area (Å²) in [6.45, 7) is 0.161. The van der Waals surface area contributed by atoms with Gasteiger partial charge in [-0.1, -0.05) is 0 Å². The molecule has 15 heavy (non-hydrogen) atoms. The van der Waals surface area contributed by atoms with Crippen LogP contribution >= 0.6 is 0 Å². The number of hydrogen-bond donors (Lipinski definition) is 0. The predicted octanol–water partition coefficient (Wildman–Crippen LogP) is 2.26. The van der Waals surface area contributed by atoms with Gasteiger partial charge in [-0.25, -0.2) is 0 Å². The van der Waals surface area contributed by atoms with Crippen LogP contribution in [0.3, 0.4) is 0 Å². The number of hydrogen-bond acceptors (Lipinski definition) is 3. The zero-order chi connectivity index (χ0) is 11.5. The highest BCUT2D eigenvalue weighted by Crippen LogP contribution is 2.31. The van der Waals surface area contributed by atoms with E-state index in [9.17, 15) is 13.2 Å². The topological polar surface area (TPSA) is 31.4 Å². The molecule has 1 aromatic heterocycles. The van der Waals surface area contributed by atoms with Gasteiger partial charge < -0.3 is 9.47 Å². The summed E-state index contributed by atoms with van der Waals surface area (Å²) in [4.78, 5) is 3.29. The summed E-state index contributed by atoms with van der Waals surface area (Å²) in [5, 5.41) is 0. The smallest absolute Gasteiger partial charge is 0.433 e. The van der Waals surface area contributed by atoms with Crippen LogP contribution in [0.1, 0.15) is 11.3 Å². The highest BCUT2D eigenvalue weighted by atomic mass is 19.4. The summed E-state index contributed by atoms with van der Waals surface area (Å²) >= 11 is 0. The molecule has 0 unspecified atom stereocenters. The molecule has 0 N–H and O–H groups in total. The average Bonchev–Trinajstić information content (AvgIpc) is 2.17. The Morgan fingerprint density at radius 3 is 2.47 bits per heavy atom. The van der Waals surface area contributed by atoms with Crippen LogP contribution in [-0.2, 0) is 17.5 Å². The fraction of sp³-hybridized carbons (Fsp3) is 0.444. The predicted molar refractivity (Wildman–Crippen MR) is 46.5 cm³/mol. The summed E-state index contributed by atoms with van der Waals surface area (Å²) in [5.41, 5.74) is -0.493. The number of alkyl halides is 3. The molecule has 0 bridgehead atoms. The van der Waals surface area contributed by atoms with Gasteiger partial charge in [-0.05, 0) is 0 Å². The number of rotatable bonds is 3. The third kappa shape index (κ3) is 2.82. The lowest BCUT2D eigenvalue weighted by atomic mass is 10.2. The van der Waals surface area contributed by atoms with Crippen LogP contribution in [0, 0.1) is 0 Å². The van der Waals surface area contributed by atoms with Crippen LogP contribution in [0.15, 0.2) is 12.3 Å². The van der Waals surface area contributed by atoms with Gasteiger partial charge in [0.05, 0.1) is 13.7 Å². The summed E-state index contributed by atoms with van der Waals surface area (Å²) in [6, 6.07) is 0.856. The summed E-state index contributed by atoms with van der Waals surface area (Å²) in [6.07, 6.45) is -3.36. The Balaban J connectivity index is 3.08. The molecule has 0 aliphatic carbocycles. The van der Waals surface area contributed by atoms with E-state index in [1.54, 1.807) is 0 Å². The van der Waals surface area contributed by atoms with Crippen LogP contribution in [0.5, 0.6) is 5.75 Å². The molecule has 0 aliphatic heterocycles. The molecular formula is C9H10F3NO2. The second kappa shape index (κ2) is 4.48. The minimum Gasteiger partial charge on any atom is -0.496 e. The van der Waals surface area contributed by atoms with Crippen molar-refractivity contribution in [2.45, 2.75) is 12.8 Å². The summed E-state index contributed by atoms with van der Waals surface area (Å²) in [5.74, 6) is 0.124. The van der Waals surface area contributed by atoms with E-state index >= 15 is 0 Å². The maximum Gasteiger partial charge on any atom is 0.433 e. The van der Waals surface area contributed by atoms with Crippen molar-refractivity contribution in [1.29, 1.82) is 0 Å². The lowest BCUT2D eigenvalue weighted by molar-refractivity contribution is -0.141. The van der Waals surface area contributed by atoms with E-state index in [2.05, 4.69) is 4.98 Å². The van der Waals surface area contributed by atoms with Crippen LogP contribution in [0.4, 0.5) is 13.2 Å². The van der Waals surface area contributed by atoms with E-state index < -0.39 is 11.9 Å². The summed E-state index contributed by atoms with van der Waals surface area (Å²) < 4.78 is 46.4. The van der Waals surface area contributed by atoms with Crippen molar-refractivity contribution >= 4 is 0 Å². The molecule has 0 aromatic carbocycles. The Hall–Kier alpha value is -1.30. The minimum atomic E-state index is -4.46. The van der Waals surface area contributed by atoms with Crippen molar-refractivity contribution in [1.82, 2.24) is 4.98 Å². The van der Waals surface area contributed by atoms with Crippen molar-refractivity contribution in [3.05, 3.63) is 23.5 Å². The second-order valence-electron chi connectivity index (χ2n) is 2.81. The Morgan fingerprint density at radius 1 is 1.33 bits per heavy atom. The average molecular weight is 221 g/mol. The minimum absolute atomic E-state index is 0.124. The number of aromatic nitrogens is 1. The van der Waals surface area contributed by atoms with Gasteiger partial charge in [0.2, 0.25) is 0 Å². The highest BCUT2D eigenvalue weighted by molar-refractivity contribution is 5.33. The molecule has 3 nitrogen and oxygen atoms in total. The monoisotopic (exact) mass is 221 g/mol. The molecule has 0 saturated heterocycles. The first-order valence-electron chi connectivity index (χ1n) is 4.08. The Kier molecular flexibility index (Phi) is 3.52. The molecule has 1 rings (SSSR count). The first-order valence-corrected chi connectivity index (χ1v) is 4.08. The first-order chi connectivity index (χ1) is 6.99. The number of halogens is 3. The fourth-order valence-corrected chi connectivity index (χ4v) is 1.07. The number of pyridine rings is 1. The largest absolute Gasteiger partial charge is 0.496 e. The molecule has 0 atom stereocenters. The zero-order valence-corrected chi connectivity index (χ0v) is 8.26. The Bertz CT molecular complexity index is 339. The molecule has 6 heteroatoms. The van der Waals surface area contributed by atoms with Crippen LogP contribution < -0.4 is 4.74 Å². The van der Waals surface area contributed by atoms with Crippen molar-refractivity contribution < 1.29 is 22.6 Å². The molecule has 84 valence electrons. The van der Waals surface area contributed by atoms with Crippen molar-refractivity contribution in [3.63, 3.8) is 0 Å². The van der Waals surface area contributed by atoms with Gasteiger partial charge in [0.15, 0.2) is 0 Å². The van der Waals surface area contributed by atoms with Crippen LogP contribution in [0.25, 0.3) is 0 Å². The molecular weight excluding hydrogens is 211 g/mol. The lowest BCUT2D eigenvalue weighted by Gasteiger charge is -2.10. The van der Waals surface area contributed by atoms with Gasteiger partial charge in [0.1, 0.15) is 11.4 Å². The van der Waals surface area contributed by atoms with Gasteiger partial charge >= 0.3 is 6.18 Å². The second-order valence-corrected chi connectivity index (χ2v) is 2.81. The molecule has 0 saturated carbocycles. The van der Waals surface area contributed by atoms with E-state index in [1.807, 2.05) is 0 Å². The van der Waals surface area contributed by atoms with E-state index in [0.29, 0.717) is 5.56 Å². The molecule has 0 amide bonds. The van der Waals surface area contributed by atoms with Gasteiger partial charge in [0, 0.05) is 24.9 Å². The SMILES string of the molecule is COCc1cnc(C(F)(F)F)cc1OC. The molecule has 0 radical (unpaired) electrons. The van der Waals surface area contributed by atoms with E-state index in [-0.39, 0.29) is 12.4 Å². The third-order valence-corrected chi connectivity index (χ3v) is 1.75. The Labute approximate surface area is 84.8 Å².